The Morgan fingerprint density at radius 2 is 1.75 bits per heavy atom. The van der Waals surface area contributed by atoms with Crippen LogP contribution in [0.4, 0.5) is 0 Å². The molecule has 3 aromatic rings. The van der Waals surface area contributed by atoms with Crippen molar-refractivity contribution in [3.63, 3.8) is 0 Å². The Morgan fingerprint density at radius 3 is 2.35 bits per heavy atom. The van der Waals surface area contributed by atoms with Crippen molar-refractivity contribution >= 4 is 11.0 Å². The first-order valence-corrected chi connectivity index (χ1v) is 6.84. The lowest BCUT2D eigenvalue weighted by Crippen LogP contribution is -2.18. The number of rotatable bonds is 3. The van der Waals surface area contributed by atoms with Crippen LogP contribution in [0.1, 0.15) is 34.4 Å². The Morgan fingerprint density at radius 1 is 1.00 bits per heavy atom. The van der Waals surface area contributed by atoms with E-state index in [-0.39, 0.29) is 6.04 Å². The van der Waals surface area contributed by atoms with Crippen molar-refractivity contribution in [1.82, 2.24) is 5.32 Å². The van der Waals surface area contributed by atoms with Crippen molar-refractivity contribution in [2.45, 2.75) is 26.8 Å². The molecule has 0 aliphatic rings. The molecule has 1 N–H and O–H groups in total. The molecule has 1 atom stereocenters. The minimum absolute atomic E-state index is 0.0137. The van der Waals surface area contributed by atoms with Crippen LogP contribution in [-0.2, 0) is 0 Å². The van der Waals surface area contributed by atoms with E-state index in [0.29, 0.717) is 0 Å². The van der Waals surface area contributed by atoms with Crippen LogP contribution in [0.5, 0.6) is 0 Å². The van der Waals surface area contributed by atoms with E-state index in [1.165, 1.54) is 11.1 Å². The van der Waals surface area contributed by atoms with Crippen LogP contribution in [0.3, 0.4) is 0 Å². The molecule has 0 saturated heterocycles. The molecule has 3 nitrogen and oxygen atoms in total. The number of aryl methyl sites for hydroxylation is 2. The zero-order valence-electron chi connectivity index (χ0n) is 12.3. The number of para-hydroxylation sites is 1. The number of fused-ring (bicyclic) bond motifs is 1. The average molecular weight is 269 g/mol. The number of hydrogen-bond donors (Lipinski definition) is 1. The van der Waals surface area contributed by atoms with Gasteiger partial charge in [0.2, 0.25) is 0 Å². The Bertz CT molecular complexity index is 719. The van der Waals surface area contributed by atoms with E-state index in [1.807, 2.05) is 39.1 Å². The molecule has 0 aliphatic heterocycles. The maximum absolute atomic E-state index is 5.99. The summed E-state index contributed by atoms with van der Waals surface area (Å²) in [5.74, 6) is 2.83. The third kappa shape index (κ3) is 1.95. The zero-order chi connectivity index (χ0) is 14.3. The lowest BCUT2D eigenvalue weighted by atomic mass is 10.00. The van der Waals surface area contributed by atoms with Gasteiger partial charge in [-0.3, -0.25) is 0 Å². The highest BCUT2D eigenvalue weighted by Crippen LogP contribution is 2.33. The molecule has 0 aliphatic carbocycles. The molecular weight excluding hydrogens is 250 g/mol. The summed E-state index contributed by atoms with van der Waals surface area (Å²) < 4.78 is 11.7. The fourth-order valence-corrected chi connectivity index (χ4v) is 2.81. The lowest BCUT2D eigenvalue weighted by Gasteiger charge is -2.14. The predicted molar refractivity (Wildman–Crippen MR) is 80.0 cm³/mol. The smallest absolute Gasteiger partial charge is 0.134 e. The van der Waals surface area contributed by atoms with Gasteiger partial charge in [-0.05, 0) is 45.5 Å². The molecule has 104 valence electrons. The van der Waals surface area contributed by atoms with Gasteiger partial charge in [0.1, 0.15) is 22.9 Å². The standard InChI is InChI=1S/C17H19NO2/c1-10-11(2)19-12(3)16(10)17(18-4)15-9-13-7-5-6-8-14(13)20-15/h5-9,17-18H,1-4H3. The second-order valence-corrected chi connectivity index (χ2v) is 5.16. The summed E-state index contributed by atoms with van der Waals surface area (Å²) in [5, 5.41) is 4.46. The number of nitrogens with one attached hydrogen (secondary N) is 1. The van der Waals surface area contributed by atoms with Gasteiger partial charge in [-0.1, -0.05) is 18.2 Å². The van der Waals surface area contributed by atoms with Crippen molar-refractivity contribution < 1.29 is 8.83 Å². The van der Waals surface area contributed by atoms with E-state index in [9.17, 15) is 0 Å². The number of hydrogen-bond acceptors (Lipinski definition) is 3. The molecule has 0 bridgehead atoms. The van der Waals surface area contributed by atoms with Crippen molar-refractivity contribution in [3.8, 4) is 0 Å². The third-order valence-electron chi connectivity index (χ3n) is 3.92. The van der Waals surface area contributed by atoms with Gasteiger partial charge in [-0.25, -0.2) is 0 Å². The minimum Gasteiger partial charge on any atom is -0.466 e. The molecule has 20 heavy (non-hydrogen) atoms. The van der Waals surface area contributed by atoms with Gasteiger partial charge >= 0.3 is 0 Å². The van der Waals surface area contributed by atoms with Crippen LogP contribution in [-0.4, -0.2) is 7.05 Å². The molecule has 0 spiro atoms. The fraction of sp³-hybridized carbons (Fsp3) is 0.294. The SMILES string of the molecule is CNC(c1cc2ccccc2o1)c1c(C)oc(C)c1C. The Labute approximate surface area is 118 Å². The largest absolute Gasteiger partial charge is 0.466 e. The Balaban J connectivity index is 2.13. The van der Waals surface area contributed by atoms with Crippen LogP contribution in [0, 0.1) is 20.8 Å². The van der Waals surface area contributed by atoms with Crippen LogP contribution in [0.2, 0.25) is 0 Å². The second-order valence-electron chi connectivity index (χ2n) is 5.16. The first-order valence-electron chi connectivity index (χ1n) is 6.84. The quantitative estimate of drug-likeness (QED) is 0.772. The molecule has 0 saturated carbocycles. The molecule has 1 aromatic carbocycles. The van der Waals surface area contributed by atoms with E-state index in [4.69, 9.17) is 8.83 Å². The fourth-order valence-electron chi connectivity index (χ4n) is 2.81. The van der Waals surface area contributed by atoms with Crippen molar-refractivity contribution in [2.75, 3.05) is 7.05 Å². The first kappa shape index (κ1) is 13.0. The summed E-state index contributed by atoms with van der Waals surface area (Å²) in [7, 11) is 1.94. The van der Waals surface area contributed by atoms with Gasteiger partial charge in [-0.2, -0.15) is 0 Å². The van der Waals surface area contributed by atoms with Crippen molar-refractivity contribution in [1.29, 1.82) is 0 Å². The van der Waals surface area contributed by atoms with E-state index in [0.717, 1.165) is 28.2 Å². The second kappa shape index (κ2) is 4.84. The molecule has 0 radical (unpaired) electrons. The molecule has 0 amide bonds. The van der Waals surface area contributed by atoms with Crippen LogP contribution < -0.4 is 5.32 Å². The molecular formula is C17H19NO2. The van der Waals surface area contributed by atoms with E-state index >= 15 is 0 Å². The summed E-state index contributed by atoms with van der Waals surface area (Å²) in [6.07, 6.45) is 0. The van der Waals surface area contributed by atoms with Gasteiger partial charge in [-0.15, -0.1) is 0 Å². The highest BCUT2D eigenvalue weighted by molar-refractivity contribution is 5.78. The molecule has 0 fully saturated rings. The van der Waals surface area contributed by atoms with Gasteiger partial charge in [0.25, 0.3) is 0 Å². The summed E-state index contributed by atoms with van der Waals surface area (Å²) in [4.78, 5) is 0. The minimum atomic E-state index is 0.0137. The molecule has 1 unspecified atom stereocenters. The summed E-state index contributed by atoms with van der Waals surface area (Å²) >= 11 is 0. The van der Waals surface area contributed by atoms with Gasteiger partial charge in [0.05, 0.1) is 6.04 Å². The maximum Gasteiger partial charge on any atom is 0.134 e. The molecule has 3 rings (SSSR count). The number of furan rings is 2. The summed E-state index contributed by atoms with van der Waals surface area (Å²) in [6.45, 7) is 6.09. The highest BCUT2D eigenvalue weighted by Gasteiger charge is 2.24. The van der Waals surface area contributed by atoms with Crippen molar-refractivity contribution in [3.05, 3.63) is 58.7 Å². The third-order valence-corrected chi connectivity index (χ3v) is 3.92. The molecule has 3 heteroatoms. The molecule has 2 aromatic heterocycles. The number of benzene rings is 1. The van der Waals surface area contributed by atoms with Gasteiger partial charge < -0.3 is 14.2 Å². The van der Waals surface area contributed by atoms with E-state index in [2.05, 4.69) is 24.4 Å². The average Bonchev–Trinajstić information content (AvgIpc) is 2.96. The normalized spacial score (nSPS) is 13.0. The van der Waals surface area contributed by atoms with Crippen LogP contribution >= 0.6 is 0 Å². The first-order chi connectivity index (χ1) is 9.61. The summed E-state index contributed by atoms with van der Waals surface area (Å²) in [6, 6.07) is 10.2. The zero-order valence-corrected chi connectivity index (χ0v) is 12.3. The topological polar surface area (TPSA) is 38.3 Å². The van der Waals surface area contributed by atoms with Gasteiger partial charge in [0.15, 0.2) is 0 Å². The molecule has 2 heterocycles. The van der Waals surface area contributed by atoms with E-state index < -0.39 is 0 Å². The summed E-state index contributed by atoms with van der Waals surface area (Å²) in [5.41, 5.74) is 3.27. The van der Waals surface area contributed by atoms with Crippen LogP contribution in [0.15, 0.2) is 39.2 Å². The maximum atomic E-state index is 5.99. The van der Waals surface area contributed by atoms with Crippen molar-refractivity contribution in [2.24, 2.45) is 0 Å². The van der Waals surface area contributed by atoms with E-state index in [1.54, 1.807) is 0 Å². The lowest BCUT2D eigenvalue weighted by molar-refractivity contribution is 0.471. The van der Waals surface area contributed by atoms with Crippen LogP contribution in [0.25, 0.3) is 11.0 Å². The Kier molecular flexibility index (Phi) is 3.14. The monoisotopic (exact) mass is 269 g/mol. The van der Waals surface area contributed by atoms with Gasteiger partial charge in [0, 0.05) is 10.9 Å². The Hall–Kier alpha value is -2.00. The predicted octanol–water partition coefficient (Wildman–Crippen LogP) is 4.26. The highest BCUT2D eigenvalue weighted by atomic mass is 16.3.